The molecule has 1 fully saturated rings. The van der Waals surface area contributed by atoms with Crippen molar-refractivity contribution < 1.29 is 17.2 Å². The first kappa shape index (κ1) is 21.6. The second-order valence-electron chi connectivity index (χ2n) is 7.03. The molecular weight excluding hydrogens is 448 g/mol. The fourth-order valence-electron chi connectivity index (χ4n) is 3.87. The lowest BCUT2D eigenvalue weighted by atomic mass is 9.96. The van der Waals surface area contributed by atoms with E-state index in [1.165, 1.54) is 11.1 Å². The lowest BCUT2D eigenvalue weighted by molar-refractivity contribution is -0.0000163. The van der Waals surface area contributed by atoms with Crippen molar-refractivity contribution in [3.8, 4) is 0 Å². The zero-order chi connectivity index (χ0) is 19.3. The largest absolute Gasteiger partial charge is 1.00 e. The predicted octanol–water partition coefficient (Wildman–Crippen LogP) is 2.00. The summed E-state index contributed by atoms with van der Waals surface area (Å²) in [5.41, 5.74) is 3.32. The van der Waals surface area contributed by atoms with Gasteiger partial charge in [0.15, 0.2) is 0 Å². The fraction of sp³-hybridized carbons (Fsp3) is 0.208. The van der Waals surface area contributed by atoms with Crippen LogP contribution in [0.2, 0.25) is 0 Å². The summed E-state index contributed by atoms with van der Waals surface area (Å²) in [5.74, 6) is 0.100. The molecule has 29 heavy (non-hydrogen) atoms. The molecule has 0 saturated carbocycles. The third-order valence-electron chi connectivity index (χ3n) is 5.30. The van der Waals surface area contributed by atoms with E-state index in [1.807, 2.05) is 29.2 Å². The molecule has 3 aromatic rings. The number of amides is 1. The van der Waals surface area contributed by atoms with E-state index in [0.717, 1.165) is 36.2 Å². The number of rotatable bonds is 4. The van der Waals surface area contributed by atoms with Gasteiger partial charge in [0.25, 0.3) is 5.91 Å². The average molecular weight is 471 g/mol. The van der Waals surface area contributed by atoms with Crippen LogP contribution in [0.15, 0.2) is 89.4 Å². The molecule has 3 nitrogen and oxygen atoms in total. The minimum absolute atomic E-state index is 0. The number of hydrogen-bond acceptors (Lipinski definition) is 2. The van der Waals surface area contributed by atoms with Gasteiger partial charge in [-0.15, -0.1) is 0 Å². The zero-order valence-corrected chi connectivity index (χ0v) is 18.4. The highest BCUT2D eigenvalue weighted by Gasteiger charge is 2.28. The summed E-state index contributed by atoms with van der Waals surface area (Å²) in [7, 11) is 0. The van der Waals surface area contributed by atoms with Crippen molar-refractivity contribution in [2.24, 2.45) is 0 Å². The van der Waals surface area contributed by atoms with Gasteiger partial charge in [-0.05, 0) is 39.2 Å². The van der Waals surface area contributed by atoms with Crippen LogP contribution in [0.25, 0.3) is 0 Å². The average Bonchev–Trinajstić information content (AvgIpc) is 2.76. The van der Waals surface area contributed by atoms with Crippen molar-refractivity contribution in [2.45, 2.75) is 6.04 Å². The van der Waals surface area contributed by atoms with Crippen LogP contribution in [0.5, 0.6) is 0 Å². The highest BCUT2D eigenvalue weighted by molar-refractivity contribution is 9.10. The summed E-state index contributed by atoms with van der Waals surface area (Å²) >= 11 is 3.50. The summed E-state index contributed by atoms with van der Waals surface area (Å²) in [6, 6.07) is 29.1. The molecule has 1 heterocycles. The Bertz CT molecular complexity index is 888. The molecule has 1 aliphatic heterocycles. The topological polar surface area (TPSA) is 23.6 Å². The number of piperazine rings is 1. The molecule has 5 heteroatoms. The molecule has 0 aromatic heterocycles. The van der Waals surface area contributed by atoms with Gasteiger partial charge in [-0.2, -0.15) is 0 Å². The molecule has 0 aliphatic carbocycles. The van der Waals surface area contributed by atoms with Crippen LogP contribution in [0.3, 0.4) is 0 Å². The summed E-state index contributed by atoms with van der Waals surface area (Å²) in [4.78, 5) is 17.4. The van der Waals surface area contributed by atoms with Gasteiger partial charge < -0.3 is 17.3 Å². The molecule has 0 bridgehead atoms. The Labute approximate surface area is 186 Å². The van der Waals surface area contributed by atoms with Gasteiger partial charge in [0.1, 0.15) is 0 Å². The Morgan fingerprint density at radius 2 is 1.21 bits per heavy atom. The standard InChI is InChI=1S/C24H23BrN2O.ClH/c25-22-14-8-7-13-21(22)24(28)27-17-15-26(16-18-27)23(19-9-3-1-4-10-19)20-11-5-2-6-12-20;/h1-14,23H,15-18H2;1H/p-1. The summed E-state index contributed by atoms with van der Waals surface area (Å²) < 4.78 is 0.855. The van der Waals surface area contributed by atoms with E-state index in [0.29, 0.717) is 0 Å². The second-order valence-corrected chi connectivity index (χ2v) is 7.89. The first-order valence-electron chi connectivity index (χ1n) is 9.62. The Morgan fingerprint density at radius 3 is 1.72 bits per heavy atom. The smallest absolute Gasteiger partial charge is 0.255 e. The molecule has 0 spiro atoms. The second kappa shape index (κ2) is 10.1. The lowest BCUT2D eigenvalue weighted by Gasteiger charge is -2.40. The quantitative estimate of drug-likeness (QED) is 0.582. The highest BCUT2D eigenvalue weighted by atomic mass is 79.9. The van der Waals surface area contributed by atoms with E-state index in [9.17, 15) is 4.79 Å². The van der Waals surface area contributed by atoms with Gasteiger partial charge in [-0.1, -0.05) is 72.8 Å². The maximum absolute atomic E-state index is 12.9. The molecule has 1 aliphatic rings. The summed E-state index contributed by atoms with van der Waals surface area (Å²) in [6.45, 7) is 3.17. The van der Waals surface area contributed by atoms with Crippen LogP contribution in [0, 0.1) is 0 Å². The zero-order valence-electron chi connectivity index (χ0n) is 16.0. The van der Waals surface area contributed by atoms with Crippen molar-refractivity contribution in [1.29, 1.82) is 0 Å². The van der Waals surface area contributed by atoms with Crippen molar-refractivity contribution in [2.75, 3.05) is 26.2 Å². The maximum Gasteiger partial charge on any atom is 0.255 e. The monoisotopic (exact) mass is 469 g/mol. The SMILES string of the molecule is O=C(c1ccccc1Br)N1CCN(C(c2ccccc2)c2ccccc2)CC1.[Cl-]. The minimum Gasteiger partial charge on any atom is -1.00 e. The number of halogens is 2. The molecule has 1 saturated heterocycles. The summed E-state index contributed by atoms with van der Waals surface area (Å²) in [5, 5.41) is 0. The number of hydrogen-bond donors (Lipinski definition) is 0. The van der Waals surface area contributed by atoms with E-state index in [4.69, 9.17) is 0 Å². The van der Waals surface area contributed by atoms with E-state index in [-0.39, 0.29) is 24.4 Å². The van der Waals surface area contributed by atoms with Gasteiger partial charge in [0.2, 0.25) is 0 Å². The summed E-state index contributed by atoms with van der Waals surface area (Å²) in [6.07, 6.45) is 0. The molecular formula is C24H23BrClN2O-. The molecule has 0 radical (unpaired) electrons. The molecule has 1 amide bonds. The van der Waals surface area contributed by atoms with Gasteiger partial charge in [0.05, 0.1) is 11.6 Å². The van der Waals surface area contributed by atoms with Crippen LogP contribution >= 0.6 is 15.9 Å². The van der Waals surface area contributed by atoms with Crippen LogP contribution < -0.4 is 12.4 Å². The molecule has 150 valence electrons. The number of nitrogens with zero attached hydrogens (tertiary/aromatic N) is 2. The van der Waals surface area contributed by atoms with Gasteiger partial charge in [-0.25, -0.2) is 0 Å². The van der Waals surface area contributed by atoms with Crippen molar-refractivity contribution in [3.63, 3.8) is 0 Å². The van der Waals surface area contributed by atoms with Gasteiger partial charge in [-0.3, -0.25) is 9.69 Å². The highest BCUT2D eigenvalue weighted by Crippen LogP contribution is 2.30. The number of benzene rings is 3. The molecule has 0 unspecified atom stereocenters. The first-order chi connectivity index (χ1) is 13.7. The van der Waals surface area contributed by atoms with E-state index in [1.54, 1.807) is 0 Å². The molecule has 0 atom stereocenters. The Hall–Kier alpha value is -2.14. The van der Waals surface area contributed by atoms with Crippen LogP contribution in [0.1, 0.15) is 27.5 Å². The Morgan fingerprint density at radius 1 is 0.724 bits per heavy atom. The van der Waals surface area contributed by atoms with Crippen LogP contribution in [-0.4, -0.2) is 41.9 Å². The minimum atomic E-state index is 0. The van der Waals surface area contributed by atoms with E-state index in [2.05, 4.69) is 81.5 Å². The maximum atomic E-state index is 12.9. The molecule has 3 aromatic carbocycles. The third-order valence-corrected chi connectivity index (χ3v) is 5.99. The van der Waals surface area contributed by atoms with Gasteiger partial charge >= 0.3 is 0 Å². The molecule has 0 N–H and O–H groups in total. The van der Waals surface area contributed by atoms with Crippen molar-refractivity contribution in [3.05, 3.63) is 106 Å². The number of carbonyl (C=O) groups excluding carboxylic acids is 1. The third kappa shape index (κ3) is 4.89. The Balaban J connectivity index is 0.00000240. The normalized spacial score (nSPS) is 14.5. The number of carbonyl (C=O) groups is 1. The Kier molecular flexibility index (Phi) is 7.48. The van der Waals surface area contributed by atoms with Crippen molar-refractivity contribution in [1.82, 2.24) is 9.80 Å². The van der Waals surface area contributed by atoms with E-state index < -0.39 is 0 Å². The first-order valence-corrected chi connectivity index (χ1v) is 10.4. The predicted molar refractivity (Wildman–Crippen MR) is 116 cm³/mol. The van der Waals surface area contributed by atoms with Crippen LogP contribution in [-0.2, 0) is 0 Å². The molecule has 4 rings (SSSR count). The van der Waals surface area contributed by atoms with Gasteiger partial charge in [0, 0.05) is 30.7 Å². The van der Waals surface area contributed by atoms with E-state index >= 15 is 0 Å². The van der Waals surface area contributed by atoms with Crippen molar-refractivity contribution >= 4 is 21.8 Å². The lowest BCUT2D eigenvalue weighted by Crippen LogP contribution is -3.00. The van der Waals surface area contributed by atoms with Crippen LogP contribution in [0.4, 0.5) is 0 Å². The fourth-order valence-corrected chi connectivity index (χ4v) is 4.33.